The lowest BCUT2D eigenvalue weighted by Gasteiger charge is -2.00. The van der Waals surface area contributed by atoms with Crippen LogP contribution in [-0.2, 0) is 9.53 Å². The van der Waals surface area contributed by atoms with Gasteiger partial charge in [0, 0.05) is 5.57 Å². The van der Waals surface area contributed by atoms with E-state index in [4.69, 9.17) is 0 Å². The van der Waals surface area contributed by atoms with Gasteiger partial charge in [0.2, 0.25) is 0 Å². The number of methoxy groups -OCH3 is 1. The fraction of sp³-hybridized carbons (Fsp3) is 0.625. The second-order valence-corrected chi connectivity index (χ2v) is 2.77. The highest BCUT2D eigenvalue weighted by molar-refractivity contribution is 5.88. The van der Waals surface area contributed by atoms with Crippen LogP contribution in [0.1, 0.15) is 19.8 Å². The Hall–Kier alpha value is -0.790. The van der Waals surface area contributed by atoms with Crippen LogP contribution in [0.25, 0.3) is 0 Å². The van der Waals surface area contributed by atoms with Gasteiger partial charge in [-0.2, -0.15) is 0 Å². The summed E-state index contributed by atoms with van der Waals surface area (Å²) in [6.07, 6.45) is 3.87. The minimum Gasteiger partial charge on any atom is -0.466 e. The van der Waals surface area contributed by atoms with Crippen LogP contribution in [0.5, 0.6) is 0 Å². The van der Waals surface area contributed by atoms with E-state index in [2.05, 4.69) is 11.7 Å². The quantitative estimate of drug-likeness (QED) is 0.516. The molecule has 1 atom stereocenters. The summed E-state index contributed by atoms with van der Waals surface area (Å²) in [5.41, 5.74) is 0.843. The second-order valence-electron chi connectivity index (χ2n) is 2.77. The molecule has 56 valence electrons. The molecule has 0 saturated carbocycles. The highest BCUT2D eigenvalue weighted by Crippen LogP contribution is 2.24. The van der Waals surface area contributed by atoms with E-state index in [0.717, 1.165) is 18.4 Å². The van der Waals surface area contributed by atoms with E-state index in [1.807, 2.05) is 6.08 Å². The molecule has 2 nitrogen and oxygen atoms in total. The summed E-state index contributed by atoms with van der Waals surface area (Å²) in [5, 5.41) is 0. The van der Waals surface area contributed by atoms with Gasteiger partial charge in [-0.05, 0) is 18.8 Å². The van der Waals surface area contributed by atoms with Crippen molar-refractivity contribution in [1.82, 2.24) is 0 Å². The summed E-state index contributed by atoms with van der Waals surface area (Å²) in [7, 11) is 1.42. The Kier molecular flexibility index (Phi) is 2.10. The molecule has 0 bridgehead atoms. The number of rotatable bonds is 1. The SMILES string of the molecule is COC(=O)C1=CCC(C)C1. The lowest BCUT2D eigenvalue weighted by atomic mass is 10.1. The predicted octanol–water partition coefficient (Wildman–Crippen LogP) is 1.52. The van der Waals surface area contributed by atoms with E-state index >= 15 is 0 Å². The summed E-state index contributed by atoms with van der Waals surface area (Å²) in [5.74, 6) is 0.457. The molecule has 0 fully saturated rings. The first-order valence-electron chi connectivity index (χ1n) is 3.51. The van der Waals surface area contributed by atoms with Crippen LogP contribution < -0.4 is 0 Å². The molecular formula is C8H12O2. The van der Waals surface area contributed by atoms with Gasteiger partial charge in [0.15, 0.2) is 0 Å². The first kappa shape index (κ1) is 7.32. The predicted molar refractivity (Wildman–Crippen MR) is 38.5 cm³/mol. The molecule has 0 aromatic heterocycles. The molecule has 0 amide bonds. The lowest BCUT2D eigenvalue weighted by Crippen LogP contribution is -2.03. The highest BCUT2D eigenvalue weighted by Gasteiger charge is 2.18. The van der Waals surface area contributed by atoms with Gasteiger partial charge >= 0.3 is 5.97 Å². The first-order chi connectivity index (χ1) is 4.74. The van der Waals surface area contributed by atoms with Gasteiger partial charge in [-0.25, -0.2) is 4.79 Å². The lowest BCUT2D eigenvalue weighted by molar-refractivity contribution is -0.136. The van der Waals surface area contributed by atoms with E-state index < -0.39 is 0 Å². The first-order valence-corrected chi connectivity index (χ1v) is 3.51. The van der Waals surface area contributed by atoms with Crippen LogP contribution >= 0.6 is 0 Å². The molecule has 1 aliphatic carbocycles. The number of ether oxygens (including phenoxy) is 1. The molecule has 0 aromatic rings. The average Bonchev–Trinajstić information content (AvgIpc) is 2.34. The topological polar surface area (TPSA) is 26.3 Å². The third-order valence-corrected chi connectivity index (χ3v) is 1.78. The van der Waals surface area contributed by atoms with E-state index in [1.54, 1.807) is 0 Å². The van der Waals surface area contributed by atoms with Gasteiger partial charge in [0.05, 0.1) is 7.11 Å². The van der Waals surface area contributed by atoms with Crippen molar-refractivity contribution >= 4 is 5.97 Å². The molecule has 0 N–H and O–H groups in total. The Bertz CT molecular complexity index is 170. The maximum atomic E-state index is 10.9. The van der Waals surface area contributed by atoms with Gasteiger partial charge < -0.3 is 4.74 Å². The number of carbonyl (C=O) groups is 1. The Labute approximate surface area is 60.9 Å². The third kappa shape index (κ3) is 1.38. The van der Waals surface area contributed by atoms with E-state index in [9.17, 15) is 4.79 Å². The van der Waals surface area contributed by atoms with Crippen molar-refractivity contribution < 1.29 is 9.53 Å². The zero-order valence-electron chi connectivity index (χ0n) is 6.39. The van der Waals surface area contributed by atoms with Crippen molar-refractivity contribution in [1.29, 1.82) is 0 Å². The molecule has 0 aliphatic heterocycles. The van der Waals surface area contributed by atoms with Crippen molar-refractivity contribution in [2.24, 2.45) is 5.92 Å². The highest BCUT2D eigenvalue weighted by atomic mass is 16.5. The maximum Gasteiger partial charge on any atom is 0.333 e. The molecule has 0 spiro atoms. The van der Waals surface area contributed by atoms with Crippen LogP contribution in [-0.4, -0.2) is 13.1 Å². The van der Waals surface area contributed by atoms with Crippen molar-refractivity contribution in [3.05, 3.63) is 11.6 Å². The second kappa shape index (κ2) is 2.86. The van der Waals surface area contributed by atoms with Crippen LogP contribution in [0.15, 0.2) is 11.6 Å². The number of esters is 1. The fourth-order valence-electron chi connectivity index (χ4n) is 1.18. The maximum absolute atomic E-state index is 10.9. The molecule has 1 aliphatic rings. The number of allylic oxidation sites excluding steroid dienone is 1. The minimum atomic E-state index is -0.163. The smallest absolute Gasteiger partial charge is 0.333 e. The summed E-state index contributed by atoms with van der Waals surface area (Å²) < 4.78 is 4.58. The van der Waals surface area contributed by atoms with Gasteiger partial charge in [0.1, 0.15) is 0 Å². The third-order valence-electron chi connectivity index (χ3n) is 1.78. The van der Waals surface area contributed by atoms with Crippen molar-refractivity contribution in [3.8, 4) is 0 Å². The Balaban J connectivity index is 2.51. The van der Waals surface area contributed by atoms with E-state index in [-0.39, 0.29) is 5.97 Å². The molecule has 0 aromatic carbocycles. The van der Waals surface area contributed by atoms with Crippen molar-refractivity contribution in [2.45, 2.75) is 19.8 Å². The summed E-state index contributed by atoms with van der Waals surface area (Å²) in [6.45, 7) is 2.13. The van der Waals surface area contributed by atoms with Gasteiger partial charge in [-0.15, -0.1) is 0 Å². The average molecular weight is 140 g/mol. The van der Waals surface area contributed by atoms with Crippen molar-refractivity contribution in [3.63, 3.8) is 0 Å². The standard InChI is InChI=1S/C8H12O2/c1-6-3-4-7(5-6)8(9)10-2/h4,6H,3,5H2,1-2H3. The fourth-order valence-corrected chi connectivity index (χ4v) is 1.18. The molecule has 0 saturated heterocycles. The molecule has 0 radical (unpaired) electrons. The molecule has 0 heterocycles. The zero-order chi connectivity index (χ0) is 7.56. The van der Waals surface area contributed by atoms with Crippen molar-refractivity contribution in [2.75, 3.05) is 7.11 Å². The Morgan fingerprint density at radius 1 is 1.80 bits per heavy atom. The Morgan fingerprint density at radius 3 is 2.90 bits per heavy atom. The monoisotopic (exact) mass is 140 g/mol. The Morgan fingerprint density at radius 2 is 2.50 bits per heavy atom. The number of hydrogen-bond donors (Lipinski definition) is 0. The van der Waals surface area contributed by atoms with Gasteiger partial charge in [-0.1, -0.05) is 13.0 Å². The van der Waals surface area contributed by atoms with Crippen LogP contribution in [0.3, 0.4) is 0 Å². The summed E-state index contributed by atoms with van der Waals surface area (Å²) >= 11 is 0. The van der Waals surface area contributed by atoms with Gasteiger partial charge in [-0.3, -0.25) is 0 Å². The van der Waals surface area contributed by atoms with Crippen LogP contribution in [0, 0.1) is 5.92 Å². The van der Waals surface area contributed by atoms with E-state index in [0.29, 0.717) is 5.92 Å². The van der Waals surface area contributed by atoms with Crippen LogP contribution in [0.2, 0.25) is 0 Å². The number of carbonyl (C=O) groups excluding carboxylic acids is 1. The zero-order valence-corrected chi connectivity index (χ0v) is 6.39. The largest absolute Gasteiger partial charge is 0.466 e. The number of hydrogen-bond acceptors (Lipinski definition) is 2. The summed E-state index contributed by atoms with van der Waals surface area (Å²) in [6, 6.07) is 0. The molecular weight excluding hydrogens is 128 g/mol. The molecule has 1 unspecified atom stereocenters. The van der Waals surface area contributed by atoms with Crippen LogP contribution in [0.4, 0.5) is 0 Å². The molecule has 2 heteroatoms. The normalized spacial score (nSPS) is 24.2. The minimum absolute atomic E-state index is 0.163. The molecule has 10 heavy (non-hydrogen) atoms. The van der Waals surface area contributed by atoms with Gasteiger partial charge in [0.25, 0.3) is 0 Å². The molecule has 1 rings (SSSR count). The van der Waals surface area contributed by atoms with E-state index in [1.165, 1.54) is 7.11 Å². The summed E-state index contributed by atoms with van der Waals surface area (Å²) in [4.78, 5) is 10.9.